The highest BCUT2D eigenvalue weighted by atomic mass is 16.7. The molecule has 0 bridgehead atoms. The Morgan fingerprint density at radius 3 is 2.42 bits per heavy atom. The predicted molar refractivity (Wildman–Crippen MR) is 126 cm³/mol. The monoisotopic (exact) mass is 446 g/mol. The first-order valence-electron chi connectivity index (χ1n) is 10.8. The zero-order valence-corrected chi connectivity index (χ0v) is 18.4. The van der Waals surface area contributed by atoms with E-state index in [1.54, 1.807) is 26.3 Å². The summed E-state index contributed by atoms with van der Waals surface area (Å²) < 4.78 is 16.4. The molecule has 7 heteroatoms. The van der Waals surface area contributed by atoms with Crippen LogP contribution in [0.5, 0.6) is 17.2 Å². The van der Waals surface area contributed by atoms with Crippen LogP contribution in [0.15, 0.2) is 60.7 Å². The van der Waals surface area contributed by atoms with E-state index >= 15 is 0 Å². The molecule has 5 rings (SSSR count). The van der Waals surface area contributed by atoms with E-state index < -0.39 is 5.41 Å². The van der Waals surface area contributed by atoms with Crippen LogP contribution in [0.1, 0.15) is 30.2 Å². The average molecular weight is 447 g/mol. The summed E-state index contributed by atoms with van der Waals surface area (Å²) in [5.41, 5.74) is 3.33. The van der Waals surface area contributed by atoms with Gasteiger partial charge in [0.05, 0.1) is 12.5 Å². The fourth-order valence-corrected chi connectivity index (χ4v) is 4.17. The van der Waals surface area contributed by atoms with Gasteiger partial charge in [-0.05, 0) is 66.4 Å². The zero-order valence-electron chi connectivity index (χ0n) is 18.4. The normalized spacial score (nSPS) is 15.0. The van der Waals surface area contributed by atoms with E-state index in [0.29, 0.717) is 28.5 Å². The Morgan fingerprint density at radius 2 is 1.73 bits per heavy atom. The Kier molecular flexibility index (Phi) is 5.17. The highest BCUT2D eigenvalue weighted by molar-refractivity contribution is 6.02. The molecule has 2 aliphatic rings. The summed E-state index contributed by atoms with van der Waals surface area (Å²) in [5, 5.41) is 5.70. The number of carbonyl (C=O) groups is 2. The molecule has 2 N–H and O–H groups in total. The van der Waals surface area contributed by atoms with Crippen LogP contribution in [0.4, 0.5) is 5.69 Å². The topological polar surface area (TPSA) is 85.9 Å². The predicted octanol–water partition coefficient (Wildman–Crippen LogP) is 4.37. The van der Waals surface area contributed by atoms with E-state index in [0.717, 1.165) is 29.5 Å². The van der Waals surface area contributed by atoms with Gasteiger partial charge in [-0.2, -0.15) is 0 Å². The number of amides is 2. The molecular formula is C26H26N2O5. The SMILES string of the molecule is CNC(=O)c1ccc(-c2cc(NC(=O)C3(c4ccc5c(c4)OCO5)CC3)ccc2OC)cc1.[HH]. The zero-order chi connectivity index (χ0) is 23.0. The molecule has 0 atom stereocenters. The van der Waals surface area contributed by atoms with Crippen molar-refractivity contribution in [2.24, 2.45) is 0 Å². The lowest BCUT2D eigenvalue weighted by atomic mass is 9.94. The maximum Gasteiger partial charge on any atom is 0.251 e. The molecule has 0 spiro atoms. The lowest BCUT2D eigenvalue weighted by Gasteiger charge is -2.18. The van der Waals surface area contributed by atoms with Gasteiger partial charge in [-0.1, -0.05) is 18.2 Å². The fraction of sp³-hybridized carbons (Fsp3) is 0.231. The van der Waals surface area contributed by atoms with Crippen molar-refractivity contribution >= 4 is 17.5 Å². The number of methoxy groups -OCH3 is 1. The van der Waals surface area contributed by atoms with Gasteiger partial charge in [0.1, 0.15) is 5.75 Å². The number of benzene rings is 3. The molecule has 1 aliphatic carbocycles. The molecule has 33 heavy (non-hydrogen) atoms. The van der Waals surface area contributed by atoms with Crippen LogP contribution in [0, 0.1) is 0 Å². The van der Waals surface area contributed by atoms with E-state index in [9.17, 15) is 9.59 Å². The Bertz CT molecular complexity index is 1240. The minimum atomic E-state index is -0.559. The molecule has 0 aromatic heterocycles. The highest BCUT2D eigenvalue weighted by Crippen LogP contribution is 2.51. The van der Waals surface area contributed by atoms with E-state index in [1.165, 1.54) is 0 Å². The van der Waals surface area contributed by atoms with Gasteiger partial charge in [0.15, 0.2) is 11.5 Å². The minimum Gasteiger partial charge on any atom is -0.496 e. The molecular weight excluding hydrogens is 420 g/mol. The molecule has 7 nitrogen and oxygen atoms in total. The fourth-order valence-electron chi connectivity index (χ4n) is 4.17. The van der Waals surface area contributed by atoms with Crippen molar-refractivity contribution in [2.75, 3.05) is 26.3 Å². The Balaban J connectivity index is 0.00000274. The van der Waals surface area contributed by atoms with Gasteiger partial charge in [-0.15, -0.1) is 0 Å². The first kappa shape index (κ1) is 20.9. The van der Waals surface area contributed by atoms with E-state index in [2.05, 4.69) is 10.6 Å². The third kappa shape index (κ3) is 3.75. The highest BCUT2D eigenvalue weighted by Gasteiger charge is 2.51. The minimum absolute atomic E-state index is 0. The summed E-state index contributed by atoms with van der Waals surface area (Å²) in [6.07, 6.45) is 1.56. The second kappa shape index (κ2) is 8.16. The molecule has 2 amide bonds. The van der Waals surface area contributed by atoms with Gasteiger partial charge in [-0.25, -0.2) is 0 Å². The maximum atomic E-state index is 13.3. The number of hydrogen-bond donors (Lipinski definition) is 2. The summed E-state index contributed by atoms with van der Waals surface area (Å²) in [6, 6.07) is 18.5. The molecule has 0 saturated heterocycles. The van der Waals surface area contributed by atoms with Gasteiger partial charge in [0, 0.05) is 25.3 Å². The lowest BCUT2D eigenvalue weighted by Crippen LogP contribution is -2.27. The summed E-state index contributed by atoms with van der Waals surface area (Å²) in [6.45, 7) is 0.205. The van der Waals surface area contributed by atoms with Crippen molar-refractivity contribution in [3.8, 4) is 28.4 Å². The second-order valence-electron chi connectivity index (χ2n) is 8.18. The number of hydrogen-bond acceptors (Lipinski definition) is 5. The molecule has 0 radical (unpaired) electrons. The molecule has 1 saturated carbocycles. The second-order valence-corrected chi connectivity index (χ2v) is 8.18. The molecule has 1 aliphatic heterocycles. The first-order valence-corrected chi connectivity index (χ1v) is 10.8. The lowest BCUT2D eigenvalue weighted by molar-refractivity contribution is -0.118. The maximum absolute atomic E-state index is 13.3. The van der Waals surface area contributed by atoms with Crippen molar-refractivity contribution < 1.29 is 25.2 Å². The standard InChI is InChI=1S/C26H24N2O5.H2/c1-27-24(29)17-5-3-16(4-6-17)20-14-19(8-10-21(20)31-2)28-25(30)26(11-12-26)18-7-9-22-23(13-18)33-15-32-22;/h3-10,13-14H,11-12,15H2,1-2H3,(H,27,29)(H,28,30);1H. The Labute approximate surface area is 193 Å². The van der Waals surface area contributed by atoms with Crippen LogP contribution in [-0.4, -0.2) is 32.8 Å². The van der Waals surface area contributed by atoms with Crippen LogP contribution in [0.25, 0.3) is 11.1 Å². The van der Waals surface area contributed by atoms with Crippen LogP contribution in [0.2, 0.25) is 0 Å². The number of ether oxygens (including phenoxy) is 3. The smallest absolute Gasteiger partial charge is 0.251 e. The quantitative estimate of drug-likeness (QED) is 0.587. The van der Waals surface area contributed by atoms with Crippen molar-refractivity contribution in [2.45, 2.75) is 18.3 Å². The Morgan fingerprint density at radius 1 is 0.970 bits per heavy atom. The van der Waals surface area contributed by atoms with E-state index in [-0.39, 0.29) is 20.0 Å². The van der Waals surface area contributed by atoms with Gasteiger partial charge < -0.3 is 24.8 Å². The number of rotatable bonds is 6. The molecule has 1 heterocycles. The van der Waals surface area contributed by atoms with Crippen molar-refractivity contribution in [1.82, 2.24) is 5.32 Å². The Hall–Kier alpha value is -4.00. The van der Waals surface area contributed by atoms with Gasteiger partial charge in [0.2, 0.25) is 12.7 Å². The molecule has 0 unspecified atom stereocenters. The van der Waals surface area contributed by atoms with E-state index in [1.807, 2.05) is 48.5 Å². The summed E-state index contributed by atoms with van der Waals surface area (Å²) in [4.78, 5) is 25.1. The molecule has 170 valence electrons. The number of carbonyl (C=O) groups excluding carboxylic acids is 2. The molecule has 3 aromatic carbocycles. The molecule has 3 aromatic rings. The summed E-state index contributed by atoms with van der Waals surface area (Å²) in [7, 11) is 3.20. The third-order valence-electron chi connectivity index (χ3n) is 6.25. The third-order valence-corrected chi connectivity index (χ3v) is 6.25. The van der Waals surface area contributed by atoms with Crippen molar-refractivity contribution in [3.63, 3.8) is 0 Å². The van der Waals surface area contributed by atoms with Gasteiger partial charge >= 0.3 is 0 Å². The van der Waals surface area contributed by atoms with Gasteiger partial charge in [-0.3, -0.25) is 9.59 Å². The average Bonchev–Trinajstić information content (AvgIpc) is 3.54. The first-order chi connectivity index (χ1) is 16.0. The number of nitrogens with one attached hydrogen (secondary N) is 2. The van der Waals surface area contributed by atoms with Gasteiger partial charge in [0.25, 0.3) is 5.91 Å². The van der Waals surface area contributed by atoms with Crippen molar-refractivity contribution in [1.29, 1.82) is 0 Å². The molecule has 1 fully saturated rings. The number of anilines is 1. The largest absolute Gasteiger partial charge is 0.496 e. The van der Waals surface area contributed by atoms with E-state index in [4.69, 9.17) is 14.2 Å². The van der Waals surface area contributed by atoms with Crippen molar-refractivity contribution in [3.05, 3.63) is 71.8 Å². The number of fused-ring (bicyclic) bond motifs is 1. The van der Waals surface area contributed by atoms with Crippen LogP contribution in [-0.2, 0) is 10.2 Å². The van der Waals surface area contributed by atoms with Crippen LogP contribution < -0.4 is 24.8 Å². The summed E-state index contributed by atoms with van der Waals surface area (Å²) >= 11 is 0. The van der Waals surface area contributed by atoms with Crippen LogP contribution in [0.3, 0.4) is 0 Å². The summed E-state index contributed by atoms with van der Waals surface area (Å²) in [5.74, 6) is 1.87. The van der Waals surface area contributed by atoms with Crippen LogP contribution >= 0.6 is 0 Å².